The third-order valence-corrected chi connectivity index (χ3v) is 2.54. The zero-order chi connectivity index (χ0) is 11.5. The molecule has 88 valence electrons. The van der Waals surface area contributed by atoms with Crippen LogP contribution in [0.3, 0.4) is 0 Å². The van der Waals surface area contributed by atoms with E-state index in [1.807, 2.05) is 6.07 Å². The minimum atomic E-state index is -0.469. The molecule has 0 N–H and O–H groups in total. The quantitative estimate of drug-likeness (QED) is 0.750. The molecule has 0 unspecified atom stereocenters. The summed E-state index contributed by atoms with van der Waals surface area (Å²) < 4.78 is 13.0. The van der Waals surface area contributed by atoms with Crippen LogP contribution in [-0.2, 0) is 0 Å². The molecule has 0 aromatic heterocycles. The van der Waals surface area contributed by atoms with Gasteiger partial charge in [-0.2, -0.15) is 0 Å². The lowest BCUT2D eigenvalue weighted by molar-refractivity contribution is 0.103. The van der Waals surface area contributed by atoms with E-state index in [1.165, 1.54) is 12.1 Å². The van der Waals surface area contributed by atoms with Gasteiger partial charge in [0.25, 0.3) is 0 Å². The molecule has 0 fully saturated rings. The third-order valence-electron chi connectivity index (χ3n) is 2.21. The highest BCUT2D eigenvalue weighted by Crippen LogP contribution is 2.20. The normalized spacial score (nSPS) is 9.53. The summed E-state index contributed by atoms with van der Waals surface area (Å²) in [5, 5.41) is 0.259. The molecule has 0 spiro atoms. The summed E-state index contributed by atoms with van der Waals surface area (Å²) in [5.41, 5.74) is 0.683. The molecular weight excluding hydrogens is 262 g/mol. The van der Waals surface area contributed by atoms with Crippen LogP contribution in [0, 0.1) is 5.82 Å². The van der Waals surface area contributed by atoms with Gasteiger partial charge in [-0.3, -0.25) is 4.79 Å². The van der Waals surface area contributed by atoms with Crippen molar-refractivity contribution in [1.29, 1.82) is 0 Å². The molecule has 0 amide bonds. The maximum absolute atomic E-state index is 13.0. The van der Waals surface area contributed by atoms with Crippen molar-refractivity contribution in [1.82, 2.24) is 0 Å². The van der Waals surface area contributed by atoms with Gasteiger partial charge in [0.05, 0.1) is 5.02 Å². The molecule has 2 aromatic rings. The van der Waals surface area contributed by atoms with Crippen molar-refractivity contribution in [2.75, 3.05) is 0 Å². The Hall–Kier alpha value is -1.38. The van der Waals surface area contributed by atoms with Crippen molar-refractivity contribution >= 4 is 29.8 Å². The largest absolute Gasteiger partial charge is 0.289 e. The van der Waals surface area contributed by atoms with E-state index in [2.05, 4.69) is 0 Å². The summed E-state index contributed by atoms with van der Waals surface area (Å²) >= 11 is 5.85. The van der Waals surface area contributed by atoms with Crippen molar-refractivity contribution in [2.24, 2.45) is 0 Å². The van der Waals surface area contributed by atoms with Gasteiger partial charge in [-0.05, 0) is 18.2 Å². The van der Waals surface area contributed by atoms with Crippen molar-refractivity contribution in [3.63, 3.8) is 0 Å². The summed E-state index contributed by atoms with van der Waals surface area (Å²) in [6.45, 7) is 0. The Kier molecular flexibility index (Phi) is 4.67. The Labute approximate surface area is 110 Å². The van der Waals surface area contributed by atoms with Crippen LogP contribution in [-0.4, -0.2) is 5.78 Å². The second-order valence-electron chi connectivity index (χ2n) is 3.32. The van der Waals surface area contributed by atoms with Gasteiger partial charge < -0.3 is 0 Å². The maximum Gasteiger partial charge on any atom is 0.194 e. The number of carbonyl (C=O) groups excluding carboxylic acids is 1. The van der Waals surface area contributed by atoms with Crippen LogP contribution >= 0.6 is 24.0 Å². The molecule has 0 aliphatic rings. The minimum Gasteiger partial charge on any atom is -0.289 e. The predicted molar refractivity (Wildman–Crippen MR) is 68.5 cm³/mol. The first kappa shape index (κ1) is 13.7. The average Bonchev–Trinajstić information content (AvgIpc) is 2.32. The van der Waals surface area contributed by atoms with Gasteiger partial charge in [-0.25, -0.2) is 4.39 Å². The van der Waals surface area contributed by atoms with Crippen LogP contribution in [0.5, 0.6) is 0 Å². The van der Waals surface area contributed by atoms with E-state index in [4.69, 9.17) is 11.6 Å². The van der Waals surface area contributed by atoms with Crippen LogP contribution in [0.1, 0.15) is 15.9 Å². The van der Waals surface area contributed by atoms with E-state index in [1.54, 1.807) is 24.3 Å². The lowest BCUT2D eigenvalue weighted by Gasteiger charge is -2.03. The fourth-order valence-electron chi connectivity index (χ4n) is 1.42. The number of benzene rings is 2. The van der Waals surface area contributed by atoms with E-state index < -0.39 is 5.82 Å². The molecule has 2 rings (SSSR count). The Morgan fingerprint density at radius 3 is 2.35 bits per heavy atom. The van der Waals surface area contributed by atoms with Gasteiger partial charge in [0, 0.05) is 11.1 Å². The SMILES string of the molecule is Cl.O=C(c1ccccc1)c1cc(F)ccc1Cl. The number of halogens is 3. The zero-order valence-electron chi connectivity index (χ0n) is 8.69. The monoisotopic (exact) mass is 270 g/mol. The molecule has 1 nitrogen and oxygen atoms in total. The lowest BCUT2D eigenvalue weighted by Crippen LogP contribution is -2.02. The smallest absolute Gasteiger partial charge is 0.194 e. The topological polar surface area (TPSA) is 17.1 Å². The van der Waals surface area contributed by atoms with E-state index in [9.17, 15) is 9.18 Å². The summed E-state index contributed by atoms with van der Waals surface area (Å²) in [6, 6.07) is 12.4. The summed E-state index contributed by atoms with van der Waals surface area (Å²) in [5.74, 6) is -0.742. The molecule has 0 aliphatic heterocycles. The lowest BCUT2D eigenvalue weighted by atomic mass is 10.0. The first-order valence-corrected chi connectivity index (χ1v) is 5.11. The predicted octanol–water partition coefficient (Wildman–Crippen LogP) is 4.13. The Balaban J connectivity index is 0.00000144. The van der Waals surface area contributed by atoms with Gasteiger partial charge in [0.2, 0.25) is 0 Å². The molecule has 4 heteroatoms. The number of ketones is 1. The number of carbonyl (C=O) groups is 1. The molecule has 0 saturated carbocycles. The van der Waals surface area contributed by atoms with Crippen molar-refractivity contribution in [3.05, 3.63) is 70.5 Å². The molecular formula is C13H9Cl2FO. The highest BCUT2D eigenvalue weighted by molar-refractivity contribution is 6.34. The zero-order valence-corrected chi connectivity index (χ0v) is 10.3. The van der Waals surface area contributed by atoms with Gasteiger partial charge in [-0.1, -0.05) is 41.9 Å². The third kappa shape index (κ3) is 3.05. The van der Waals surface area contributed by atoms with Gasteiger partial charge in [0.15, 0.2) is 5.78 Å². The Morgan fingerprint density at radius 1 is 1.06 bits per heavy atom. The highest BCUT2D eigenvalue weighted by Gasteiger charge is 2.13. The molecule has 0 heterocycles. The molecule has 0 radical (unpaired) electrons. The highest BCUT2D eigenvalue weighted by atomic mass is 35.5. The van der Waals surface area contributed by atoms with Gasteiger partial charge >= 0.3 is 0 Å². The Morgan fingerprint density at radius 2 is 1.71 bits per heavy atom. The van der Waals surface area contributed by atoms with E-state index in [0.717, 1.165) is 6.07 Å². The number of rotatable bonds is 2. The van der Waals surface area contributed by atoms with Gasteiger partial charge in [-0.15, -0.1) is 12.4 Å². The van der Waals surface area contributed by atoms with Crippen LogP contribution in [0.2, 0.25) is 5.02 Å². The van der Waals surface area contributed by atoms with Gasteiger partial charge in [0.1, 0.15) is 5.82 Å². The first-order valence-electron chi connectivity index (χ1n) is 4.73. The molecule has 0 saturated heterocycles. The minimum absolute atomic E-state index is 0. The van der Waals surface area contributed by atoms with Crippen LogP contribution in [0.25, 0.3) is 0 Å². The summed E-state index contributed by atoms with van der Waals surface area (Å²) in [6.07, 6.45) is 0. The fraction of sp³-hybridized carbons (Fsp3) is 0. The fourth-order valence-corrected chi connectivity index (χ4v) is 1.62. The van der Waals surface area contributed by atoms with E-state index >= 15 is 0 Å². The number of hydrogen-bond acceptors (Lipinski definition) is 1. The van der Waals surface area contributed by atoms with Crippen LogP contribution in [0.15, 0.2) is 48.5 Å². The first-order chi connectivity index (χ1) is 7.68. The van der Waals surface area contributed by atoms with Crippen molar-refractivity contribution < 1.29 is 9.18 Å². The second kappa shape index (κ2) is 5.80. The maximum atomic E-state index is 13.0. The standard InChI is InChI=1S/C13H8ClFO.ClH/c14-12-7-6-10(15)8-11(12)13(16)9-4-2-1-3-5-9;/h1-8H;1H. The molecule has 17 heavy (non-hydrogen) atoms. The second-order valence-corrected chi connectivity index (χ2v) is 3.73. The molecule has 2 aromatic carbocycles. The molecule has 0 atom stereocenters. The van der Waals surface area contributed by atoms with Crippen molar-refractivity contribution in [2.45, 2.75) is 0 Å². The van der Waals surface area contributed by atoms with E-state index in [-0.39, 0.29) is 28.8 Å². The van der Waals surface area contributed by atoms with Crippen molar-refractivity contribution in [3.8, 4) is 0 Å². The summed E-state index contributed by atoms with van der Waals surface area (Å²) in [7, 11) is 0. The average molecular weight is 271 g/mol. The van der Waals surface area contributed by atoms with Crippen LogP contribution < -0.4 is 0 Å². The molecule has 0 aliphatic carbocycles. The van der Waals surface area contributed by atoms with E-state index in [0.29, 0.717) is 5.56 Å². The van der Waals surface area contributed by atoms with Crippen LogP contribution in [0.4, 0.5) is 4.39 Å². The summed E-state index contributed by atoms with van der Waals surface area (Å²) in [4.78, 5) is 12.0. The Bertz CT molecular complexity index is 526. The number of hydrogen-bond donors (Lipinski definition) is 0. The molecule has 0 bridgehead atoms.